The van der Waals surface area contributed by atoms with Crippen LogP contribution in [-0.4, -0.2) is 61.8 Å². The molecule has 16 heavy (non-hydrogen) atoms. The largest absolute Gasteiger partial charge is 0.393 e. The van der Waals surface area contributed by atoms with Crippen LogP contribution in [0.5, 0.6) is 0 Å². The van der Waals surface area contributed by atoms with Crippen molar-refractivity contribution in [2.75, 3.05) is 40.8 Å². The SMILES string of the molecule is CN(C)CCN(C)CC1CCCCCC1O. The standard InChI is InChI=1S/C13H28N2O/c1-14(2)9-10-15(3)11-12-7-5-4-6-8-13(12)16/h12-13,16H,4-11H2,1-3H3. The molecule has 2 atom stereocenters. The quantitative estimate of drug-likeness (QED) is 0.721. The predicted octanol–water partition coefficient (Wildman–Crippen LogP) is 1.42. The molecule has 3 heteroatoms. The van der Waals surface area contributed by atoms with Crippen LogP contribution in [0.15, 0.2) is 0 Å². The molecule has 0 aromatic carbocycles. The highest BCUT2D eigenvalue weighted by Gasteiger charge is 2.22. The lowest BCUT2D eigenvalue weighted by Crippen LogP contribution is -2.36. The number of aliphatic hydroxyl groups is 1. The molecular formula is C13H28N2O. The van der Waals surface area contributed by atoms with Crippen LogP contribution in [0, 0.1) is 5.92 Å². The highest BCUT2D eigenvalue weighted by Crippen LogP contribution is 2.23. The van der Waals surface area contributed by atoms with Crippen LogP contribution in [0.25, 0.3) is 0 Å². The zero-order valence-corrected chi connectivity index (χ0v) is 11.2. The summed E-state index contributed by atoms with van der Waals surface area (Å²) < 4.78 is 0. The fourth-order valence-electron chi connectivity index (χ4n) is 2.44. The van der Waals surface area contributed by atoms with Gasteiger partial charge in [0.1, 0.15) is 0 Å². The molecule has 3 nitrogen and oxygen atoms in total. The van der Waals surface area contributed by atoms with E-state index < -0.39 is 0 Å². The van der Waals surface area contributed by atoms with Gasteiger partial charge in [-0.2, -0.15) is 0 Å². The molecule has 1 fully saturated rings. The number of likely N-dealkylation sites (N-methyl/N-ethyl adjacent to an activating group) is 2. The zero-order valence-electron chi connectivity index (χ0n) is 11.2. The van der Waals surface area contributed by atoms with Crippen LogP contribution in [0.2, 0.25) is 0 Å². The summed E-state index contributed by atoms with van der Waals surface area (Å²) in [5, 5.41) is 10.0. The fourth-order valence-corrected chi connectivity index (χ4v) is 2.44. The highest BCUT2D eigenvalue weighted by atomic mass is 16.3. The summed E-state index contributed by atoms with van der Waals surface area (Å²) in [4.78, 5) is 4.57. The van der Waals surface area contributed by atoms with E-state index in [1.165, 1.54) is 25.7 Å². The molecule has 1 rings (SSSR count). The Morgan fingerprint density at radius 2 is 1.69 bits per heavy atom. The topological polar surface area (TPSA) is 26.7 Å². The first-order chi connectivity index (χ1) is 7.59. The minimum Gasteiger partial charge on any atom is -0.393 e. The average molecular weight is 228 g/mol. The Labute approximate surface area is 100 Å². The Morgan fingerprint density at radius 1 is 1.00 bits per heavy atom. The Balaban J connectivity index is 2.27. The zero-order chi connectivity index (χ0) is 12.0. The molecule has 0 spiro atoms. The van der Waals surface area contributed by atoms with Crippen molar-refractivity contribution in [3.8, 4) is 0 Å². The van der Waals surface area contributed by atoms with Crippen molar-refractivity contribution in [1.82, 2.24) is 9.80 Å². The first kappa shape index (κ1) is 13.9. The number of hydrogen-bond donors (Lipinski definition) is 1. The number of aliphatic hydroxyl groups excluding tert-OH is 1. The summed E-state index contributed by atoms with van der Waals surface area (Å²) in [6.45, 7) is 3.24. The van der Waals surface area contributed by atoms with Gasteiger partial charge in [0.25, 0.3) is 0 Å². The monoisotopic (exact) mass is 228 g/mol. The summed E-state index contributed by atoms with van der Waals surface area (Å²) in [5.74, 6) is 0.495. The van der Waals surface area contributed by atoms with E-state index in [1.54, 1.807) is 0 Å². The van der Waals surface area contributed by atoms with Gasteiger partial charge in [0.05, 0.1) is 6.10 Å². The van der Waals surface area contributed by atoms with E-state index in [9.17, 15) is 5.11 Å². The molecule has 0 bridgehead atoms. The molecule has 0 aromatic heterocycles. The lowest BCUT2D eigenvalue weighted by molar-refractivity contribution is 0.0781. The van der Waals surface area contributed by atoms with Gasteiger partial charge in [-0.15, -0.1) is 0 Å². The maximum absolute atomic E-state index is 10.0. The lowest BCUT2D eigenvalue weighted by Gasteiger charge is -2.27. The third kappa shape index (κ3) is 5.28. The van der Waals surface area contributed by atoms with Crippen molar-refractivity contribution in [3.05, 3.63) is 0 Å². The van der Waals surface area contributed by atoms with Crippen LogP contribution in [0.3, 0.4) is 0 Å². The summed E-state index contributed by atoms with van der Waals surface area (Å²) in [6.07, 6.45) is 5.95. The fraction of sp³-hybridized carbons (Fsp3) is 1.00. The van der Waals surface area contributed by atoms with Gasteiger partial charge in [0.2, 0.25) is 0 Å². The van der Waals surface area contributed by atoms with E-state index in [4.69, 9.17) is 0 Å². The molecule has 1 aliphatic rings. The van der Waals surface area contributed by atoms with Crippen LogP contribution in [-0.2, 0) is 0 Å². The Kier molecular flexibility index (Phi) is 6.32. The predicted molar refractivity (Wildman–Crippen MR) is 68.6 cm³/mol. The number of nitrogens with zero attached hydrogens (tertiary/aromatic N) is 2. The summed E-state index contributed by atoms with van der Waals surface area (Å²) in [6, 6.07) is 0. The molecule has 1 aliphatic carbocycles. The maximum Gasteiger partial charge on any atom is 0.0580 e. The molecule has 96 valence electrons. The van der Waals surface area contributed by atoms with Crippen molar-refractivity contribution in [3.63, 3.8) is 0 Å². The van der Waals surface area contributed by atoms with Gasteiger partial charge in [-0.05, 0) is 39.9 Å². The smallest absolute Gasteiger partial charge is 0.0580 e. The second-order valence-corrected chi connectivity index (χ2v) is 5.53. The Bertz CT molecular complexity index is 185. The normalized spacial score (nSPS) is 27.4. The van der Waals surface area contributed by atoms with Gasteiger partial charge < -0.3 is 14.9 Å². The van der Waals surface area contributed by atoms with Crippen LogP contribution in [0.4, 0.5) is 0 Å². The van der Waals surface area contributed by atoms with Gasteiger partial charge in [0, 0.05) is 19.6 Å². The minimum absolute atomic E-state index is 0.0655. The van der Waals surface area contributed by atoms with Crippen molar-refractivity contribution in [2.45, 2.75) is 38.2 Å². The molecule has 0 aromatic rings. The minimum atomic E-state index is -0.0655. The van der Waals surface area contributed by atoms with Gasteiger partial charge in [-0.3, -0.25) is 0 Å². The molecule has 0 radical (unpaired) electrons. The van der Waals surface area contributed by atoms with Gasteiger partial charge in [0.15, 0.2) is 0 Å². The molecular weight excluding hydrogens is 200 g/mol. The van der Waals surface area contributed by atoms with Crippen LogP contribution in [0.1, 0.15) is 32.1 Å². The second kappa shape index (κ2) is 7.25. The molecule has 0 amide bonds. The first-order valence-corrected chi connectivity index (χ1v) is 6.61. The third-order valence-electron chi connectivity index (χ3n) is 3.59. The second-order valence-electron chi connectivity index (χ2n) is 5.53. The third-order valence-corrected chi connectivity index (χ3v) is 3.59. The van der Waals surface area contributed by atoms with E-state index in [2.05, 4.69) is 30.9 Å². The molecule has 1 saturated carbocycles. The Morgan fingerprint density at radius 3 is 2.38 bits per heavy atom. The van der Waals surface area contributed by atoms with Gasteiger partial charge >= 0.3 is 0 Å². The van der Waals surface area contributed by atoms with Crippen molar-refractivity contribution in [1.29, 1.82) is 0 Å². The maximum atomic E-state index is 10.0. The summed E-state index contributed by atoms with van der Waals surface area (Å²) >= 11 is 0. The van der Waals surface area contributed by atoms with Crippen molar-refractivity contribution < 1.29 is 5.11 Å². The lowest BCUT2D eigenvalue weighted by atomic mass is 9.97. The van der Waals surface area contributed by atoms with E-state index in [1.807, 2.05) is 0 Å². The Hall–Kier alpha value is -0.120. The van der Waals surface area contributed by atoms with E-state index in [-0.39, 0.29) is 6.10 Å². The van der Waals surface area contributed by atoms with Crippen molar-refractivity contribution >= 4 is 0 Å². The van der Waals surface area contributed by atoms with Crippen LogP contribution < -0.4 is 0 Å². The van der Waals surface area contributed by atoms with Gasteiger partial charge in [-0.25, -0.2) is 0 Å². The average Bonchev–Trinajstić information content (AvgIpc) is 2.42. The van der Waals surface area contributed by atoms with Gasteiger partial charge in [-0.1, -0.05) is 19.3 Å². The van der Waals surface area contributed by atoms with E-state index in [0.29, 0.717) is 5.92 Å². The van der Waals surface area contributed by atoms with Crippen LogP contribution >= 0.6 is 0 Å². The number of hydrogen-bond acceptors (Lipinski definition) is 3. The summed E-state index contributed by atoms with van der Waals surface area (Å²) in [7, 11) is 6.38. The first-order valence-electron chi connectivity index (χ1n) is 6.61. The highest BCUT2D eigenvalue weighted by molar-refractivity contribution is 4.75. The van der Waals surface area contributed by atoms with E-state index in [0.717, 1.165) is 26.1 Å². The molecule has 0 saturated heterocycles. The molecule has 1 N–H and O–H groups in total. The molecule has 2 unspecified atom stereocenters. The molecule has 0 aliphatic heterocycles. The summed E-state index contributed by atoms with van der Waals surface area (Å²) in [5.41, 5.74) is 0. The number of rotatable bonds is 5. The van der Waals surface area contributed by atoms with E-state index >= 15 is 0 Å². The molecule has 0 heterocycles. The van der Waals surface area contributed by atoms with Crippen molar-refractivity contribution in [2.24, 2.45) is 5.92 Å².